The van der Waals surface area contributed by atoms with Gasteiger partial charge in [0.15, 0.2) is 6.04 Å². The number of nitrogens with one attached hydrogen (secondary N) is 1. The maximum atomic E-state index is 12.1. The van der Waals surface area contributed by atoms with Gasteiger partial charge in [0.05, 0.1) is 13.2 Å². The molecule has 3 unspecified atom stereocenters. The molecule has 0 aliphatic carbocycles. The van der Waals surface area contributed by atoms with Gasteiger partial charge in [-0.2, -0.15) is 0 Å². The average Bonchev–Trinajstić information content (AvgIpc) is 2.93. The number of unbranched alkanes of at least 4 members (excludes halogenated alkanes) is 15. The number of aliphatic hydroxyl groups is 1. The fourth-order valence-electron chi connectivity index (χ4n) is 4.14. The number of ether oxygens (including phenoxy) is 1. The van der Waals surface area contributed by atoms with Gasteiger partial charge in [0.1, 0.15) is 12.7 Å². The number of aliphatic hydroxyl groups excluding tert-OH is 1. The first-order valence-electron chi connectivity index (χ1n) is 15.6. The van der Waals surface area contributed by atoms with Crippen molar-refractivity contribution in [2.75, 3.05) is 19.8 Å². The number of hydrogen-bond donors (Lipinski definition) is 4. The molecule has 1 amide bonds. The summed E-state index contributed by atoms with van der Waals surface area (Å²) in [5.74, 6) is -2.38. The molecular weight excluding hydrogens is 553 g/mol. The van der Waals surface area contributed by atoms with Crippen molar-refractivity contribution in [3.05, 3.63) is 0 Å². The molecule has 242 valence electrons. The molecular formula is C29H56NO10P. The molecule has 0 fully saturated rings. The summed E-state index contributed by atoms with van der Waals surface area (Å²) in [6.45, 7) is 2.47. The molecule has 11 nitrogen and oxygen atoms in total. The number of carbonyl (C=O) groups is 3. The quantitative estimate of drug-likeness (QED) is 0.0445. The van der Waals surface area contributed by atoms with Crippen molar-refractivity contribution in [1.29, 1.82) is 0 Å². The number of amides is 1. The van der Waals surface area contributed by atoms with E-state index in [0.717, 1.165) is 38.5 Å². The van der Waals surface area contributed by atoms with Gasteiger partial charge < -0.3 is 25.2 Å². The lowest BCUT2D eigenvalue weighted by molar-refractivity contribution is -0.147. The molecule has 0 aromatic carbocycles. The standard InChI is InChI=1S/C29H56NO10P/c1-3-5-7-9-11-12-13-15-16-18-20-27(32)30-26(29(34)35)24-40-41(36,37)39-23-25(31)22-38-28(33)21-19-17-14-10-8-6-4-2/h25-26,31H,3-24H2,1-2H3,(H,30,32)(H,34,35)(H,36,37). The highest BCUT2D eigenvalue weighted by molar-refractivity contribution is 7.47. The zero-order valence-corrected chi connectivity index (χ0v) is 26.3. The van der Waals surface area contributed by atoms with Crippen molar-refractivity contribution in [2.24, 2.45) is 0 Å². The zero-order chi connectivity index (χ0) is 30.8. The number of phosphoric ester groups is 1. The molecule has 0 saturated heterocycles. The van der Waals surface area contributed by atoms with Gasteiger partial charge in [0.25, 0.3) is 0 Å². The summed E-state index contributed by atoms with van der Waals surface area (Å²) in [6.07, 6.45) is 17.5. The zero-order valence-electron chi connectivity index (χ0n) is 25.4. The van der Waals surface area contributed by atoms with Gasteiger partial charge in [0.2, 0.25) is 5.91 Å². The molecule has 0 radical (unpaired) electrons. The van der Waals surface area contributed by atoms with E-state index in [1.54, 1.807) is 0 Å². The molecule has 41 heavy (non-hydrogen) atoms. The molecule has 0 aliphatic heterocycles. The maximum absolute atomic E-state index is 12.1. The third-order valence-corrected chi connectivity index (χ3v) is 7.60. The fourth-order valence-corrected chi connectivity index (χ4v) is 4.91. The van der Waals surface area contributed by atoms with Gasteiger partial charge in [0, 0.05) is 12.8 Å². The van der Waals surface area contributed by atoms with Gasteiger partial charge in [-0.3, -0.25) is 18.6 Å². The largest absolute Gasteiger partial charge is 0.480 e. The second-order valence-electron chi connectivity index (χ2n) is 10.7. The number of aliphatic carboxylic acids is 1. The van der Waals surface area contributed by atoms with Crippen LogP contribution in [-0.4, -0.2) is 64.9 Å². The molecule has 0 heterocycles. The van der Waals surface area contributed by atoms with E-state index in [0.29, 0.717) is 12.8 Å². The lowest BCUT2D eigenvalue weighted by Gasteiger charge is -2.18. The predicted octanol–water partition coefficient (Wildman–Crippen LogP) is 6.05. The Morgan fingerprint density at radius 3 is 1.61 bits per heavy atom. The summed E-state index contributed by atoms with van der Waals surface area (Å²) in [4.78, 5) is 45.2. The van der Waals surface area contributed by atoms with Crippen molar-refractivity contribution in [3.63, 3.8) is 0 Å². The Morgan fingerprint density at radius 1 is 0.683 bits per heavy atom. The Hall–Kier alpha value is -1.52. The van der Waals surface area contributed by atoms with Gasteiger partial charge in [-0.1, -0.05) is 110 Å². The van der Waals surface area contributed by atoms with E-state index in [-0.39, 0.29) is 12.8 Å². The van der Waals surface area contributed by atoms with Crippen LogP contribution < -0.4 is 5.32 Å². The van der Waals surface area contributed by atoms with Crippen LogP contribution in [-0.2, 0) is 32.7 Å². The molecule has 0 aromatic rings. The van der Waals surface area contributed by atoms with E-state index in [9.17, 15) is 34.1 Å². The van der Waals surface area contributed by atoms with Crippen LogP contribution in [0.25, 0.3) is 0 Å². The molecule has 12 heteroatoms. The molecule has 0 aliphatic rings. The minimum absolute atomic E-state index is 0.150. The van der Waals surface area contributed by atoms with Gasteiger partial charge >= 0.3 is 19.8 Å². The Kier molecular flexibility index (Phi) is 25.2. The minimum atomic E-state index is -4.73. The van der Waals surface area contributed by atoms with Crippen LogP contribution in [0.5, 0.6) is 0 Å². The summed E-state index contributed by atoms with van der Waals surface area (Å²) in [6, 6.07) is -1.53. The maximum Gasteiger partial charge on any atom is 0.472 e. The van der Waals surface area contributed by atoms with E-state index in [4.69, 9.17) is 9.26 Å². The first-order valence-corrected chi connectivity index (χ1v) is 17.1. The first-order chi connectivity index (χ1) is 19.6. The molecule has 0 aromatic heterocycles. The van der Waals surface area contributed by atoms with Gasteiger partial charge in [-0.25, -0.2) is 9.36 Å². The van der Waals surface area contributed by atoms with Crippen molar-refractivity contribution >= 4 is 25.7 Å². The fraction of sp³-hybridized carbons (Fsp3) is 0.897. The first kappa shape index (κ1) is 39.5. The Balaban J connectivity index is 4.08. The number of hydrogen-bond acceptors (Lipinski definition) is 8. The second kappa shape index (κ2) is 26.1. The number of carboxylic acid groups (broad SMARTS) is 1. The summed E-state index contributed by atoms with van der Waals surface area (Å²) in [7, 11) is -4.73. The molecule has 0 rings (SSSR count). The minimum Gasteiger partial charge on any atom is -0.480 e. The number of esters is 1. The third-order valence-electron chi connectivity index (χ3n) is 6.65. The van der Waals surface area contributed by atoms with E-state index in [2.05, 4.69) is 23.7 Å². The lowest BCUT2D eigenvalue weighted by atomic mass is 10.1. The van der Waals surface area contributed by atoms with Crippen molar-refractivity contribution in [2.45, 2.75) is 148 Å². The average molecular weight is 610 g/mol. The number of rotatable bonds is 29. The van der Waals surface area contributed by atoms with E-state index >= 15 is 0 Å². The second-order valence-corrected chi connectivity index (χ2v) is 12.1. The molecule has 3 atom stereocenters. The highest BCUT2D eigenvalue weighted by Gasteiger charge is 2.28. The van der Waals surface area contributed by atoms with Crippen LogP contribution >= 0.6 is 7.82 Å². The normalized spacial score (nSPS) is 14.2. The number of carboxylic acids is 1. The van der Waals surface area contributed by atoms with Crippen LogP contribution in [0.15, 0.2) is 0 Å². The highest BCUT2D eigenvalue weighted by atomic mass is 31.2. The summed E-state index contributed by atoms with van der Waals surface area (Å²) < 4.78 is 26.4. The van der Waals surface area contributed by atoms with Crippen molar-refractivity contribution in [1.82, 2.24) is 5.32 Å². The van der Waals surface area contributed by atoms with Crippen LogP contribution in [0.2, 0.25) is 0 Å². The highest BCUT2D eigenvalue weighted by Crippen LogP contribution is 2.43. The summed E-state index contributed by atoms with van der Waals surface area (Å²) in [5, 5.41) is 21.5. The monoisotopic (exact) mass is 609 g/mol. The molecule has 0 saturated carbocycles. The van der Waals surface area contributed by atoms with Crippen LogP contribution in [0.4, 0.5) is 0 Å². The van der Waals surface area contributed by atoms with E-state index in [1.807, 2.05) is 0 Å². The lowest BCUT2D eigenvalue weighted by Crippen LogP contribution is -2.43. The number of phosphoric acid groups is 1. The van der Waals surface area contributed by atoms with Crippen molar-refractivity contribution in [3.8, 4) is 0 Å². The summed E-state index contributed by atoms with van der Waals surface area (Å²) >= 11 is 0. The Labute approximate surface area is 246 Å². The third kappa shape index (κ3) is 25.9. The topological polar surface area (TPSA) is 169 Å². The molecule has 4 N–H and O–H groups in total. The van der Waals surface area contributed by atoms with Crippen LogP contribution in [0, 0.1) is 0 Å². The number of carbonyl (C=O) groups excluding carboxylic acids is 2. The Morgan fingerprint density at radius 2 is 1.12 bits per heavy atom. The predicted molar refractivity (Wildman–Crippen MR) is 157 cm³/mol. The van der Waals surface area contributed by atoms with E-state index in [1.165, 1.54) is 57.8 Å². The van der Waals surface area contributed by atoms with Crippen LogP contribution in [0.1, 0.15) is 136 Å². The summed E-state index contributed by atoms with van der Waals surface area (Å²) in [5.41, 5.74) is 0. The van der Waals surface area contributed by atoms with Crippen LogP contribution in [0.3, 0.4) is 0 Å². The SMILES string of the molecule is CCCCCCCCCCCCC(=O)NC(COP(=O)(O)OCC(O)COC(=O)CCCCCCCCC)C(=O)O. The van der Waals surface area contributed by atoms with Gasteiger partial charge in [-0.15, -0.1) is 0 Å². The Bertz CT molecular complexity index is 736. The van der Waals surface area contributed by atoms with Gasteiger partial charge in [-0.05, 0) is 12.8 Å². The smallest absolute Gasteiger partial charge is 0.472 e. The van der Waals surface area contributed by atoms with Crippen molar-refractivity contribution < 1.29 is 47.8 Å². The molecule has 0 bridgehead atoms. The molecule has 0 spiro atoms. The van der Waals surface area contributed by atoms with E-state index < -0.39 is 57.6 Å².